The van der Waals surface area contributed by atoms with Gasteiger partial charge in [0.15, 0.2) is 0 Å². The maximum atomic E-state index is 5.50. The summed E-state index contributed by atoms with van der Waals surface area (Å²) in [6.45, 7) is 0.909. The molecule has 0 fully saturated rings. The molecule has 0 atom stereocenters. The second-order valence-corrected chi connectivity index (χ2v) is 4.02. The summed E-state index contributed by atoms with van der Waals surface area (Å²) < 4.78 is 5.24. The Labute approximate surface area is 89.4 Å². The molecule has 0 heterocycles. The zero-order valence-corrected chi connectivity index (χ0v) is 9.60. The molecule has 4 heteroatoms. The molecule has 0 spiro atoms. The number of rotatable bonds is 4. The second-order valence-electron chi connectivity index (χ2n) is 3.34. The maximum Gasteiger partial charge on any atom is 0.134 e. The number of hydrogen-bond donors (Lipinski definition) is 1. The molecule has 0 unspecified atom stereocenters. The van der Waals surface area contributed by atoms with Crippen LogP contribution >= 0.6 is 11.9 Å². The van der Waals surface area contributed by atoms with Gasteiger partial charge in [0, 0.05) is 6.54 Å². The van der Waals surface area contributed by atoms with E-state index in [1.807, 2.05) is 26.2 Å². The van der Waals surface area contributed by atoms with E-state index in [1.165, 1.54) is 17.5 Å². The van der Waals surface area contributed by atoms with Crippen molar-refractivity contribution in [1.29, 1.82) is 0 Å². The van der Waals surface area contributed by atoms with E-state index in [9.17, 15) is 0 Å². The van der Waals surface area contributed by atoms with Crippen LogP contribution in [0.4, 0.5) is 0 Å². The molecule has 0 radical (unpaired) electrons. The first kappa shape index (κ1) is 11.4. The summed E-state index contributed by atoms with van der Waals surface area (Å²) >= 11 is 1.21. The topological polar surface area (TPSA) is 38.5 Å². The van der Waals surface area contributed by atoms with Gasteiger partial charge < -0.3 is 9.64 Å². The zero-order valence-electron chi connectivity index (χ0n) is 8.78. The van der Waals surface area contributed by atoms with Crippen molar-refractivity contribution in [2.75, 3.05) is 21.2 Å². The number of nitrogens with two attached hydrogens (primary N) is 1. The molecule has 14 heavy (non-hydrogen) atoms. The summed E-state index contributed by atoms with van der Waals surface area (Å²) in [6.07, 6.45) is 0. The quantitative estimate of drug-likeness (QED) is 0.771. The van der Waals surface area contributed by atoms with Crippen LogP contribution in [0.1, 0.15) is 5.56 Å². The van der Waals surface area contributed by atoms with Crippen molar-refractivity contribution < 1.29 is 4.74 Å². The van der Waals surface area contributed by atoms with Gasteiger partial charge in [-0.15, -0.1) is 0 Å². The van der Waals surface area contributed by atoms with Gasteiger partial charge in [0.25, 0.3) is 0 Å². The molecular weight excluding hydrogens is 196 g/mol. The predicted molar refractivity (Wildman–Crippen MR) is 60.4 cm³/mol. The van der Waals surface area contributed by atoms with Gasteiger partial charge in [-0.25, -0.2) is 0 Å². The molecule has 0 amide bonds. The Morgan fingerprint density at radius 3 is 2.64 bits per heavy atom. The van der Waals surface area contributed by atoms with E-state index < -0.39 is 0 Å². The molecular formula is C10H16N2OS. The summed E-state index contributed by atoms with van der Waals surface area (Å²) in [5.41, 5.74) is 1.23. The van der Waals surface area contributed by atoms with Gasteiger partial charge in [-0.1, -0.05) is 6.07 Å². The second kappa shape index (κ2) is 5.24. The van der Waals surface area contributed by atoms with Crippen LogP contribution in [-0.4, -0.2) is 26.1 Å². The Morgan fingerprint density at radius 1 is 1.43 bits per heavy atom. The van der Waals surface area contributed by atoms with Gasteiger partial charge >= 0.3 is 0 Å². The van der Waals surface area contributed by atoms with Crippen LogP contribution in [0.2, 0.25) is 0 Å². The fourth-order valence-corrected chi connectivity index (χ4v) is 1.68. The van der Waals surface area contributed by atoms with Gasteiger partial charge in [0.05, 0.1) is 12.0 Å². The fourth-order valence-electron chi connectivity index (χ4n) is 1.27. The van der Waals surface area contributed by atoms with Crippen molar-refractivity contribution >= 4 is 11.9 Å². The number of methoxy groups -OCH3 is 1. The zero-order chi connectivity index (χ0) is 10.6. The molecule has 78 valence electrons. The lowest BCUT2D eigenvalue weighted by Gasteiger charge is -2.12. The number of hydrogen-bond acceptors (Lipinski definition) is 4. The fraction of sp³-hybridized carbons (Fsp3) is 0.400. The van der Waals surface area contributed by atoms with E-state index in [0.717, 1.165) is 17.2 Å². The molecule has 0 bridgehead atoms. The summed E-state index contributed by atoms with van der Waals surface area (Å²) in [5, 5.41) is 5.50. The lowest BCUT2D eigenvalue weighted by atomic mass is 10.2. The highest BCUT2D eigenvalue weighted by molar-refractivity contribution is 7.97. The first-order valence-corrected chi connectivity index (χ1v) is 5.23. The van der Waals surface area contributed by atoms with Crippen molar-refractivity contribution in [1.82, 2.24) is 4.90 Å². The molecule has 0 aliphatic heterocycles. The molecule has 3 nitrogen and oxygen atoms in total. The third kappa shape index (κ3) is 2.90. The summed E-state index contributed by atoms with van der Waals surface area (Å²) in [7, 11) is 5.74. The van der Waals surface area contributed by atoms with Crippen molar-refractivity contribution in [2.45, 2.75) is 11.4 Å². The first-order chi connectivity index (χ1) is 6.67. The molecule has 0 aliphatic rings. The Morgan fingerprint density at radius 2 is 2.14 bits per heavy atom. The number of ether oxygens (including phenoxy) is 1. The summed E-state index contributed by atoms with van der Waals surface area (Å²) in [5.74, 6) is 0.844. The lowest BCUT2D eigenvalue weighted by molar-refractivity contribution is 0.391. The van der Waals surface area contributed by atoms with Gasteiger partial charge in [0.1, 0.15) is 5.75 Å². The average Bonchev–Trinajstić information content (AvgIpc) is 2.16. The van der Waals surface area contributed by atoms with Gasteiger partial charge in [-0.2, -0.15) is 0 Å². The monoisotopic (exact) mass is 212 g/mol. The molecule has 0 aliphatic carbocycles. The van der Waals surface area contributed by atoms with Gasteiger partial charge in [0.2, 0.25) is 0 Å². The third-order valence-corrected chi connectivity index (χ3v) is 2.45. The van der Waals surface area contributed by atoms with E-state index in [-0.39, 0.29) is 0 Å². The smallest absolute Gasteiger partial charge is 0.134 e. The van der Waals surface area contributed by atoms with Crippen LogP contribution in [0.3, 0.4) is 0 Å². The molecule has 0 saturated carbocycles. The summed E-state index contributed by atoms with van der Waals surface area (Å²) in [4.78, 5) is 3.08. The average molecular weight is 212 g/mol. The standard InChI is InChI=1S/C10H16N2OS/c1-12(2)7-8-4-5-10(14-11)9(6-8)13-3/h4-6H,7,11H2,1-3H3. The minimum absolute atomic E-state index is 0.844. The van der Waals surface area contributed by atoms with Crippen molar-refractivity contribution in [3.63, 3.8) is 0 Å². The van der Waals surface area contributed by atoms with Gasteiger partial charge in [-0.05, 0) is 43.7 Å². The highest BCUT2D eigenvalue weighted by atomic mass is 32.2. The number of nitrogens with zero attached hydrogens (tertiary/aromatic N) is 1. The largest absolute Gasteiger partial charge is 0.496 e. The minimum Gasteiger partial charge on any atom is -0.496 e. The Kier molecular flexibility index (Phi) is 4.25. The molecule has 1 aromatic carbocycles. The van der Waals surface area contributed by atoms with Crippen LogP contribution in [0.5, 0.6) is 5.75 Å². The van der Waals surface area contributed by atoms with Crippen LogP contribution in [0, 0.1) is 0 Å². The van der Waals surface area contributed by atoms with E-state index in [1.54, 1.807) is 7.11 Å². The van der Waals surface area contributed by atoms with Crippen molar-refractivity contribution in [3.8, 4) is 5.75 Å². The van der Waals surface area contributed by atoms with Crippen LogP contribution < -0.4 is 9.88 Å². The Bertz CT molecular complexity index is 302. The van der Waals surface area contributed by atoms with E-state index in [4.69, 9.17) is 9.88 Å². The molecule has 1 aromatic rings. The van der Waals surface area contributed by atoms with Crippen molar-refractivity contribution in [2.24, 2.45) is 5.14 Å². The van der Waals surface area contributed by atoms with E-state index in [0.29, 0.717) is 0 Å². The molecule has 2 N–H and O–H groups in total. The minimum atomic E-state index is 0.844. The Hall–Kier alpha value is -0.710. The van der Waals surface area contributed by atoms with Crippen LogP contribution in [-0.2, 0) is 6.54 Å². The Balaban J connectivity index is 2.89. The molecule has 0 aromatic heterocycles. The van der Waals surface area contributed by atoms with Gasteiger partial charge in [-0.3, -0.25) is 5.14 Å². The maximum absolute atomic E-state index is 5.50. The third-order valence-electron chi connectivity index (χ3n) is 1.85. The predicted octanol–water partition coefficient (Wildman–Crippen LogP) is 1.72. The SMILES string of the molecule is COc1cc(CN(C)C)ccc1SN. The highest BCUT2D eigenvalue weighted by Gasteiger charge is 2.04. The first-order valence-electron chi connectivity index (χ1n) is 4.35. The molecule has 1 rings (SSSR count). The lowest BCUT2D eigenvalue weighted by Crippen LogP contribution is -2.10. The number of benzene rings is 1. The van der Waals surface area contributed by atoms with Crippen molar-refractivity contribution in [3.05, 3.63) is 23.8 Å². The van der Waals surface area contributed by atoms with Crippen LogP contribution in [0.25, 0.3) is 0 Å². The van der Waals surface area contributed by atoms with E-state index >= 15 is 0 Å². The van der Waals surface area contributed by atoms with Crippen LogP contribution in [0.15, 0.2) is 23.1 Å². The normalized spacial score (nSPS) is 10.6. The van der Waals surface area contributed by atoms with E-state index in [2.05, 4.69) is 11.0 Å². The molecule has 0 saturated heterocycles. The highest BCUT2D eigenvalue weighted by Crippen LogP contribution is 2.26. The summed E-state index contributed by atoms with van der Waals surface area (Å²) in [6, 6.07) is 6.08.